The van der Waals surface area contributed by atoms with E-state index >= 15 is 0 Å². The molecular weight excluding hydrogens is 368 g/mol. The summed E-state index contributed by atoms with van der Waals surface area (Å²) in [6.07, 6.45) is 16.6. The average Bonchev–Trinajstić information content (AvgIpc) is 2.72. The van der Waals surface area contributed by atoms with Gasteiger partial charge < -0.3 is 24.4 Å². The zero-order valence-corrected chi connectivity index (χ0v) is 20.0. The van der Waals surface area contributed by atoms with Gasteiger partial charge in [-0.2, -0.15) is 0 Å². The fraction of sp³-hybridized carbons (Fsp3) is 1.00. The van der Waals surface area contributed by atoms with Crippen molar-refractivity contribution in [3.05, 3.63) is 0 Å². The molecule has 29 heavy (non-hydrogen) atoms. The third-order valence-electron chi connectivity index (χ3n) is 4.71. The molecule has 2 atom stereocenters. The molecule has 0 aromatic rings. The molecule has 0 saturated heterocycles. The van der Waals surface area contributed by atoms with Crippen molar-refractivity contribution in [3.8, 4) is 0 Å². The van der Waals surface area contributed by atoms with Crippen molar-refractivity contribution in [1.29, 1.82) is 0 Å². The van der Waals surface area contributed by atoms with Crippen molar-refractivity contribution >= 4 is 0 Å². The van der Waals surface area contributed by atoms with Gasteiger partial charge in [-0.05, 0) is 25.7 Å². The Bertz CT molecular complexity index is 250. The summed E-state index contributed by atoms with van der Waals surface area (Å²) in [7, 11) is 0. The van der Waals surface area contributed by atoms with E-state index in [2.05, 4.69) is 27.7 Å². The van der Waals surface area contributed by atoms with Gasteiger partial charge in [-0.15, -0.1) is 0 Å². The van der Waals surface area contributed by atoms with Crippen LogP contribution in [0.5, 0.6) is 0 Å². The Balaban J connectivity index is 0. The van der Waals surface area contributed by atoms with Crippen LogP contribution in [0.4, 0.5) is 0 Å². The molecule has 0 fully saturated rings. The van der Waals surface area contributed by atoms with Crippen molar-refractivity contribution in [3.63, 3.8) is 0 Å². The van der Waals surface area contributed by atoms with Gasteiger partial charge >= 0.3 is 0 Å². The van der Waals surface area contributed by atoms with Crippen LogP contribution >= 0.6 is 0 Å². The molecule has 0 bridgehead atoms. The van der Waals surface area contributed by atoms with E-state index < -0.39 is 0 Å². The molecule has 0 aliphatic rings. The van der Waals surface area contributed by atoms with Gasteiger partial charge in [-0.25, -0.2) is 0 Å². The van der Waals surface area contributed by atoms with Gasteiger partial charge in [0.15, 0.2) is 0 Å². The molecular formula is C24H52O5. The standard InChI is InChI=1S/C18H38O.C6H14O4/c1-5-9-11-15-17(13-7-3)19-18(14-8-4)16-12-10-6-2;7-1-3-9-5-6-10-4-2-8/h17-18H,5-16H2,1-4H3;7-8H,1-6H2. The molecule has 0 spiro atoms. The van der Waals surface area contributed by atoms with Crippen LogP contribution in [0.25, 0.3) is 0 Å². The van der Waals surface area contributed by atoms with Crippen LogP contribution in [-0.2, 0) is 14.2 Å². The smallest absolute Gasteiger partial charge is 0.0701 e. The van der Waals surface area contributed by atoms with E-state index in [1.165, 1.54) is 77.0 Å². The third-order valence-corrected chi connectivity index (χ3v) is 4.71. The predicted octanol–water partition coefficient (Wildman–Crippen LogP) is 5.51. The first-order valence-electron chi connectivity index (χ1n) is 12.2. The van der Waals surface area contributed by atoms with Crippen molar-refractivity contribution in [1.82, 2.24) is 0 Å². The lowest BCUT2D eigenvalue weighted by atomic mass is 10.0. The average molecular weight is 421 g/mol. The quantitative estimate of drug-likeness (QED) is 0.240. The van der Waals surface area contributed by atoms with E-state index in [-0.39, 0.29) is 13.2 Å². The Labute approximate surface area is 181 Å². The van der Waals surface area contributed by atoms with Crippen LogP contribution in [0.15, 0.2) is 0 Å². The van der Waals surface area contributed by atoms with Gasteiger partial charge in [0.2, 0.25) is 0 Å². The van der Waals surface area contributed by atoms with Crippen LogP contribution in [0.1, 0.15) is 105 Å². The Hall–Kier alpha value is -0.200. The van der Waals surface area contributed by atoms with Crippen LogP contribution < -0.4 is 0 Å². The number of aliphatic hydroxyl groups excluding tert-OH is 2. The highest BCUT2D eigenvalue weighted by atomic mass is 16.5. The maximum atomic E-state index is 8.26. The second-order valence-corrected chi connectivity index (χ2v) is 7.62. The minimum Gasteiger partial charge on any atom is -0.394 e. The summed E-state index contributed by atoms with van der Waals surface area (Å²) in [5.74, 6) is 0. The number of hydrogen-bond acceptors (Lipinski definition) is 5. The normalized spacial score (nSPS) is 13.0. The summed E-state index contributed by atoms with van der Waals surface area (Å²) in [5, 5.41) is 16.5. The van der Waals surface area contributed by atoms with Gasteiger partial charge in [0.05, 0.1) is 51.8 Å². The van der Waals surface area contributed by atoms with Gasteiger partial charge in [0.1, 0.15) is 0 Å². The molecule has 0 saturated carbocycles. The molecule has 0 aromatic heterocycles. The van der Waals surface area contributed by atoms with E-state index in [4.69, 9.17) is 24.4 Å². The van der Waals surface area contributed by atoms with E-state index in [1.807, 2.05) is 0 Å². The van der Waals surface area contributed by atoms with E-state index in [9.17, 15) is 0 Å². The largest absolute Gasteiger partial charge is 0.394 e. The van der Waals surface area contributed by atoms with Crippen LogP contribution in [0.3, 0.4) is 0 Å². The highest BCUT2D eigenvalue weighted by Crippen LogP contribution is 2.19. The molecule has 2 unspecified atom stereocenters. The topological polar surface area (TPSA) is 68.2 Å². The SMILES string of the molecule is CCCCCC(CCC)OC(CCC)CCCCC.OCCOCCOCCO. The second kappa shape index (κ2) is 27.8. The summed E-state index contributed by atoms with van der Waals surface area (Å²) in [4.78, 5) is 0. The number of aliphatic hydroxyl groups is 2. The van der Waals surface area contributed by atoms with Crippen molar-refractivity contribution < 1.29 is 24.4 Å². The first-order chi connectivity index (χ1) is 14.2. The summed E-state index contributed by atoms with van der Waals surface area (Å²) < 4.78 is 16.2. The molecule has 0 heterocycles. The number of rotatable bonds is 21. The van der Waals surface area contributed by atoms with Gasteiger partial charge in [-0.1, -0.05) is 79.1 Å². The van der Waals surface area contributed by atoms with E-state index in [0.29, 0.717) is 38.6 Å². The Morgan fingerprint density at radius 3 is 1.24 bits per heavy atom. The summed E-state index contributed by atoms with van der Waals surface area (Å²) in [6, 6.07) is 0. The van der Waals surface area contributed by atoms with Gasteiger partial charge in [0, 0.05) is 0 Å². The monoisotopic (exact) mass is 420 g/mol. The molecule has 2 N–H and O–H groups in total. The maximum absolute atomic E-state index is 8.26. The lowest BCUT2D eigenvalue weighted by Crippen LogP contribution is -2.22. The highest BCUT2D eigenvalue weighted by Gasteiger charge is 2.15. The molecule has 0 aliphatic carbocycles. The minimum atomic E-state index is 0.0417. The van der Waals surface area contributed by atoms with Crippen LogP contribution in [0, 0.1) is 0 Å². The van der Waals surface area contributed by atoms with Crippen molar-refractivity contribution in [2.24, 2.45) is 0 Å². The number of hydrogen-bond donors (Lipinski definition) is 2. The molecule has 0 rings (SSSR count). The van der Waals surface area contributed by atoms with Crippen LogP contribution in [-0.4, -0.2) is 62.1 Å². The summed E-state index contributed by atoms with van der Waals surface area (Å²) >= 11 is 0. The molecule has 5 heteroatoms. The van der Waals surface area contributed by atoms with Gasteiger partial charge in [0.25, 0.3) is 0 Å². The lowest BCUT2D eigenvalue weighted by Gasteiger charge is -2.25. The number of ether oxygens (including phenoxy) is 3. The predicted molar refractivity (Wildman–Crippen MR) is 123 cm³/mol. The Morgan fingerprint density at radius 1 is 0.517 bits per heavy atom. The van der Waals surface area contributed by atoms with Crippen molar-refractivity contribution in [2.45, 2.75) is 117 Å². The van der Waals surface area contributed by atoms with Crippen LogP contribution in [0.2, 0.25) is 0 Å². The molecule has 5 nitrogen and oxygen atoms in total. The van der Waals surface area contributed by atoms with Crippen molar-refractivity contribution in [2.75, 3.05) is 39.6 Å². The third kappa shape index (κ3) is 25.8. The maximum Gasteiger partial charge on any atom is 0.0701 e. The molecule has 0 aliphatic heterocycles. The molecule has 0 radical (unpaired) electrons. The van der Waals surface area contributed by atoms with E-state index in [0.717, 1.165) is 0 Å². The zero-order chi connectivity index (χ0) is 22.0. The summed E-state index contributed by atoms with van der Waals surface area (Å²) in [5.41, 5.74) is 0. The fourth-order valence-electron chi connectivity index (χ4n) is 3.17. The lowest BCUT2D eigenvalue weighted by molar-refractivity contribution is -0.0307. The van der Waals surface area contributed by atoms with Gasteiger partial charge in [-0.3, -0.25) is 0 Å². The first kappa shape index (κ1) is 31.0. The minimum absolute atomic E-state index is 0.0417. The van der Waals surface area contributed by atoms with E-state index in [1.54, 1.807) is 0 Å². The highest BCUT2D eigenvalue weighted by molar-refractivity contribution is 4.65. The Morgan fingerprint density at radius 2 is 0.931 bits per heavy atom. The number of unbranched alkanes of at least 4 members (excludes halogenated alkanes) is 4. The fourth-order valence-corrected chi connectivity index (χ4v) is 3.17. The zero-order valence-electron chi connectivity index (χ0n) is 20.0. The first-order valence-corrected chi connectivity index (χ1v) is 12.2. The Kier molecular flexibility index (Phi) is 29.7. The molecule has 0 amide bonds. The molecule has 0 aromatic carbocycles. The second-order valence-electron chi connectivity index (χ2n) is 7.62. The molecule has 178 valence electrons. The summed E-state index contributed by atoms with van der Waals surface area (Å²) in [6.45, 7) is 10.8.